The molecule has 1 heterocycles. The number of hydrazone groups is 1. The molecule has 1 fully saturated rings. The lowest BCUT2D eigenvalue weighted by Crippen LogP contribution is -2.49. The number of halogens is 1. The zero-order valence-electron chi connectivity index (χ0n) is 19.2. The van der Waals surface area contributed by atoms with Crippen LogP contribution in [0.3, 0.4) is 0 Å². The highest BCUT2D eigenvalue weighted by molar-refractivity contribution is 6.40. The van der Waals surface area contributed by atoms with Crippen LogP contribution in [0.2, 0.25) is 0 Å². The lowest BCUT2D eigenvalue weighted by Gasteiger charge is -2.29. The topological polar surface area (TPSA) is 89.0 Å². The molecule has 0 aliphatic carbocycles. The van der Waals surface area contributed by atoms with Crippen molar-refractivity contribution in [2.45, 2.75) is 51.9 Å². The molecule has 1 amide bonds. The summed E-state index contributed by atoms with van der Waals surface area (Å²) in [6.07, 6.45) is 6.00. The van der Waals surface area contributed by atoms with Crippen molar-refractivity contribution in [3.8, 4) is 0 Å². The molecule has 170 valence electrons. The van der Waals surface area contributed by atoms with Crippen molar-refractivity contribution < 1.29 is 14.3 Å². The Morgan fingerprint density at radius 2 is 1.83 bits per heavy atom. The summed E-state index contributed by atoms with van der Waals surface area (Å²) in [7, 11) is 6.62. The van der Waals surface area contributed by atoms with E-state index in [4.69, 9.17) is 5.11 Å². The van der Waals surface area contributed by atoms with E-state index in [1.807, 2.05) is 20.9 Å². The average Bonchev–Trinajstić information content (AvgIpc) is 2.74. The van der Waals surface area contributed by atoms with Gasteiger partial charge in [-0.3, -0.25) is 4.79 Å². The van der Waals surface area contributed by atoms with Crippen LogP contribution in [-0.2, 0) is 4.79 Å². The molecule has 0 radical (unpaired) electrons. The second-order valence-corrected chi connectivity index (χ2v) is 6.85. The minimum atomic E-state index is -0.868. The highest BCUT2D eigenvalue weighted by Gasteiger charge is 2.23. The number of hydrogen-bond acceptors (Lipinski definition) is 6. The molecule has 1 aliphatic heterocycles. The van der Waals surface area contributed by atoms with Crippen LogP contribution < -0.4 is 16.1 Å². The third kappa shape index (κ3) is 13.1. The lowest BCUT2D eigenvalue weighted by molar-refractivity contribution is -0.115. The second kappa shape index (κ2) is 18.3. The summed E-state index contributed by atoms with van der Waals surface area (Å²) in [6.45, 7) is 11.1. The van der Waals surface area contributed by atoms with Crippen LogP contribution in [0.5, 0.6) is 0 Å². The van der Waals surface area contributed by atoms with Gasteiger partial charge in [0.2, 0.25) is 0 Å². The molecular weight excluding hydrogens is 373 g/mol. The largest absolute Gasteiger partial charge is 0.400 e. The molecule has 1 aliphatic rings. The number of carbonyl (C=O) groups is 1. The predicted octanol–water partition coefficient (Wildman–Crippen LogP) is 1.71. The molecule has 0 bridgehead atoms. The van der Waals surface area contributed by atoms with E-state index < -0.39 is 6.17 Å². The zero-order valence-corrected chi connectivity index (χ0v) is 19.2. The number of hydrogen-bond donors (Lipinski definition) is 4. The van der Waals surface area contributed by atoms with Crippen LogP contribution in [0, 0.1) is 5.92 Å². The summed E-state index contributed by atoms with van der Waals surface area (Å²) in [4.78, 5) is 14.4. The Balaban J connectivity index is 0. The number of nitrogens with zero attached hydrogens (tertiary/aromatic N) is 2. The summed E-state index contributed by atoms with van der Waals surface area (Å²) in [5.41, 5.74) is 3.19. The number of alkyl halides is 1. The molecule has 0 spiro atoms. The number of carbonyl (C=O) groups excluding carboxylic acids is 1. The van der Waals surface area contributed by atoms with Crippen molar-refractivity contribution in [1.82, 2.24) is 21.0 Å². The van der Waals surface area contributed by atoms with Crippen molar-refractivity contribution in [3.63, 3.8) is 0 Å². The molecule has 0 aromatic heterocycles. The van der Waals surface area contributed by atoms with Gasteiger partial charge in [-0.05, 0) is 53.9 Å². The van der Waals surface area contributed by atoms with Crippen LogP contribution >= 0.6 is 0 Å². The summed E-state index contributed by atoms with van der Waals surface area (Å²) >= 11 is 0. The maximum absolute atomic E-state index is 12.6. The number of rotatable bonds is 8. The van der Waals surface area contributed by atoms with E-state index >= 15 is 0 Å². The van der Waals surface area contributed by atoms with Gasteiger partial charge in [0.05, 0.1) is 6.04 Å². The number of allylic oxidation sites excluding steroid dienone is 3. The first-order valence-corrected chi connectivity index (χ1v) is 10.1. The summed E-state index contributed by atoms with van der Waals surface area (Å²) in [6, 6.07) is 0.198. The van der Waals surface area contributed by atoms with E-state index in [1.54, 1.807) is 26.1 Å². The Labute approximate surface area is 176 Å². The molecule has 0 saturated carbocycles. The fraction of sp³-hybridized carbons (Fsp3) is 0.714. The maximum atomic E-state index is 12.6. The zero-order chi connectivity index (χ0) is 22.8. The van der Waals surface area contributed by atoms with Crippen molar-refractivity contribution in [1.29, 1.82) is 0 Å². The highest BCUT2D eigenvalue weighted by atomic mass is 19.1. The lowest BCUT2D eigenvalue weighted by atomic mass is 10.0. The van der Waals surface area contributed by atoms with Gasteiger partial charge in [0.1, 0.15) is 11.9 Å². The summed E-state index contributed by atoms with van der Waals surface area (Å²) in [5.74, 6) is -0.151. The Morgan fingerprint density at radius 3 is 2.24 bits per heavy atom. The van der Waals surface area contributed by atoms with E-state index in [-0.39, 0.29) is 23.9 Å². The molecule has 0 aromatic carbocycles. The van der Waals surface area contributed by atoms with E-state index in [1.165, 1.54) is 6.08 Å². The van der Waals surface area contributed by atoms with Gasteiger partial charge in [0, 0.05) is 26.1 Å². The highest BCUT2D eigenvalue weighted by Crippen LogP contribution is 2.09. The molecule has 1 saturated heterocycles. The molecule has 7 nitrogen and oxygen atoms in total. The van der Waals surface area contributed by atoms with Gasteiger partial charge in [0.25, 0.3) is 5.91 Å². The third-order valence-electron chi connectivity index (χ3n) is 4.61. The molecule has 8 heteroatoms. The summed E-state index contributed by atoms with van der Waals surface area (Å²) < 4.78 is 12.6. The quantitative estimate of drug-likeness (QED) is 0.275. The third-order valence-corrected chi connectivity index (χ3v) is 4.61. The number of aliphatic hydroxyl groups is 1. The number of aliphatic hydroxyl groups excluding tert-OH is 1. The normalized spacial score (nSPS) is 18.4. The first-order valence-electron chi connectivity index (χ1n) is 10.1. The first-order chi connectivity index (χ1) is 13.8. The Hall–Kier alpha value is -1.77. The Kier molecular flexibility index (Phi) is 18.5. The minimum Gasteiger partial charge on any atom is -0.400 e. The smallest absolute Gasteiger partial charge is 0.269 e. The molecule has 0 aromatic rings. The van der Waals surface area contributed by atoms with Gasteiger partial charge in [-0.1, -0.05) is 25.2 Å². The maximum Gasteiger partial charge on any atom is 0.269 e. The Bertz CT molecular complexity index is 491. The second-order valence-electron chi connectivity index (χ2n) is 6.85. The van der Waals surface area contributed by atoms with Gasteiger partial charge in [0.15, 0.2) is 0 Å². The average molecular weight is 416 g/mol. The number of likely N-dealkylation sites (tertiary alicyclic amines) is 1. The Morgan fingerprint density at radius 1 is 1.28 bits per heavy atom. The van der Waals surface area contributed by atoms with Gasteiger partial charge in [-0.15, -0.1) is 6.58 Å². The van der Waals surface area contributed by atoms with Crippen molar-refractivity contribution >= 4 is 11.6 Å². The van der Waals surface area contributed by atoms with Crippen molar-refractivity contribution in [3.05, 3.63) is 24.8 Å². The van der Waals surface area contributed by atoms with Crippen LogP contribution in [0.4, 0.5) is 4.39 Å². The van der Waals surface area contributed by atoms with Gasteiger partial charge in [-0.2, -0.15) is 5.10 Å². The van der Waals surface area contributed by atoms with Crippen LogP contribution in [0.25, 0.3) is 0 Å². The molecule has 1 rings (SSSR count). The fourth-order valence-corrected chi connectivity index (χ4v) is 2.50. The van der Waals surface area contributed by atoms with Crippen molar-refractivity contribution in [2.75, 3.05) is 41.3 Å². The van der Waals surface area contributed by atoms with Gasteiger partial charge < -0.3 is 26.1 Å². The standard InChI is InChI=1S/C12H25N5O.C8H13F.CH4O/c1-9(13-2)11(16-14-3)12(18)15-10-5-7-17(4)8-6-10;1-4-6-8(9)7(3)5-2;1-2/h9-10,13-14H,5-8H2,1-4H3,(H,15,18);4-8H,2H2,1,3H3;2H,1H3/b16-11+;6-4-;. The number of amides is 1. The number of piperidine rings is 1. The van der Waals surface area contributed by atoms with E-state index in [0.29, 0.717) is 5.71 Å². The van der Waals surface area contributed by atoms with Crippen LogP contribution in [-0.4, -0.2) is 81.2 Å². The SMILES string of the molecule is C=CC(C)C(F)/C=C\C.CN/N=C(/C(=O)NC1CCN(C)CC1)C(C)NC.CO. The minimum absolute atomic E-state index is 0.0660. The molecular formula is C21H42FN5O2. The monoisotopic (exact) mass is 415 g/mol. The number of nitrogens with one attached hydrogen (secondary N) is 3. The summed E-state index contributed by atoms with van der Waals surface area (Å²) in [5, 5.41) is 17.2. The molecule has 4 N–H and O–H groups in total. The van der Waals surface area contributed by atoms with Crippen LogP contribution in [0.1, 0.15) is 33.6 Å². The predicted molar refractivity (Wildman–Crippen MR) is 121 cm³/mol. The fourth-order valence-electron chi connectivity index (χ4n) is 2.50. The van der Waals surface area contributed by atoms with Gasteiger partial charge >= 0.3 is 0 Å². The molecule has 29 heavy (non-hydrogen) atoms. The van der Waals surface area contributed by atoms with Crippen LogP contribution in [0.15, 0.2) is 29.9 Å². The van der Waals surface area contributed by atoms with E-state index in [2.05, 4.69) is 39.7 Å². The van der Waals surface area contributed by atoms with Crippen molar-refractivity contribution in [2.24, 2.45) is 11.0 Å². The molecule has 3 atom stereocenters. The van der Waals surface area contributed by atoms with Gasteiger partial charge in [-0.25, -0.2) is 4.39 Å². The van der Waals surface area contributed by atoms with E-state index in [0.717, 1.165) is 33.0 Å². The molecule has 3 unspecified atom stereocenters. The van der Waals surface area contributed by atoms with E-state index in [9.17, 15) is 9.18 Å². The first kappa shape index (κ1) is 29.4.